The molecule has 0 amide bonds. The third-order valence-electron chi connectivity index (χ3n) is 3.41. The summed E-state index contributed by atoms with van der Waals surface area (Å²) < 4.78 is 2.20. The average molecular weight is 205 g/mol. The van der Waals surface area contributed by atoms with Crippen LogP contribution in [-0.4, -0.2) is 10.4 Å². The summed E-state index contributed by atoms with van der Waals surface area (Å²) in [6, 6.07) is 2.08. The second kappa shape index (κ2) is 3.22. The van der Waals surface area contributed by atoms with Gasteiger partial charge in [-0.25, -0.2) is 0 Å². The minimum atomic E-state index is 0.126. The lowest BCUT2D eigenvalue weighted by molar-refractivity contribution is 0.0910. The van der Waals surface area contributed by atoms with Crippen molar-refractivity contribution < 1.29 is 4.79 Å². The van der Waals surface area contributed by atoms with Crippen LogP contribution in [0.5, 0.6) is 0 Å². The summed E-state index contributed by atoms with van der Waals surface area (Å²) in [6.07, 6.45) is 2.70. The third kappa shape index (κ3) is 1.62. The number of rotatable bonds is 1. The number of aromatic nitrogens is 1. The normalized spacial score (nSPS) is 19.1. The lowest BCUT2D eigenvalue weighted by atomic mass is 9.76. The highest BCUT2D eigenvalue weighted by Gasteiger charge is 2.33. The molecule has 0 spiro atoms. The van der Waals surface area contributed by atoms with Crippen molar-refractivity contribution in [2.75, 3.05) is 0 Å². The number of hydrogen-bond acceptors (Lipinski definition) is 1. The van der Waals surface area contributed by atoms with E-state index >= 15 is 0 Å². The molecule has 2 heteroatoms. The zero-order chi connectivity index (χ0) is 11.2. The van der Waals surface area contributed by atoms with Gasteiger partial charge in [-0.3, -0.25) is 4.79 Å². The number of fused-ring (bicyclic) bond motifs is 1. The van der Waals surface area contributed by atoms with Crippen LogP contribution in [0.15, 0.2) is 6.07 Å². The third-order valence-corrected chi connectivity index (χ3v) is 3.41. The Hall–Kier alpha value is -1.05. The van der Waals surface area contributed by atoms with Crippen LogP contribution in [0, 0.1) is 5.41 Å². The Morgan fingerprint density at radius 3 is 2.67 bits per heavy atom. The van der Waals surface area contributed by atoms with E-state index in [4.69, 9.17) is 0 Å². The summed E-state index contributed by atoms with van der Waals surface area (Å²) in [5.41, 5.74) is 3.59. The monoisotopic (exact) mass is 205 g/mol. The molecule has 2 rings (SSSR count). The van der Waals surface area contributed by atoms with Gasteiger partial charge in [-0.2, -0.15) is 0 Å². The Labute approximate surface area is 91.3 Å². The molecule has 0 saturated heterocycles. The fourth-order valence-corrected chi connectivity index (χ4v) is 2.54. The van der Waals surface area contributed by atoms with Gasteiger partial charge in [0.1, 0.15) is 0 Å². The quantitative estimate of drug-likeness (QED) is 0.691. The first-order valence-electron chi connectivity index (χ1n) is 5.65. The van der Waals surface area contributed by atoms with Gasteiger partial charge in [-0.05, 0) is 24.3 Å². The summed E-state index contributed by atoms with van der Waals surface area (Å²) in [7, 11) is 2.08. The topological polar surface area (TPSA) is 22.0 Å². The van der Waals surface area contributed by atoms with E-state index in [0.717, 1.165) is 18.4 Å². The number of nitrogens with zero attached hydrogens (tertiary/aromatic N) is 1. The maximum absolute atomic E-state index is 12.0. The number of carbonyl (C=O) groups excluding carboxylic acids is 1. The van der Waals surface area contributed by atoms with Crippen molar-refractivity contribution in [1.29, 1.82) is 0 Å². The van der Waals surface area contributed by atoms with E-state index in [-0.39, 0.29) is 5.41 Å². The average Bonchev–Trinajstić information content (AvgIpc) is 2.42. The SMILES string of the molecule is CCc1cc2c(n1C)CC(C)(C)CC2=O. The Morgan fingerprint density at radius 2 is 2.07 bits per heavy atom. The van der Waals surface area contributed by atoms with Gasteiger partial charge in [0.05, 0.1) is 0 Å². The molecular weight excluding hydrogens is 186 g/mol. The molecule has 0 atom stereocenters. The molecule has 0 saturated carbocycles. The van der Waals surface area contributed by atoms with E-state index in [0.29, 0.717) is 12.2 Å². The number of carbonyl (C=O) groups is 1. The second-order valence-corrected chi connectivity index (χ2v) is 5.35. The van der Waals surface area contributed by atoms with E-state index < -0.39 is 0 Å². The minimum absolute atomic E-state index is 0.126. The summed E-state index contributed by atoms with van der Waals surface area (Å²) in [5.74, 6) is 0.316. The molecule has 0 bridgehead atoms. The molecule has 1 aliphatic rings. The van der Waals surface area contributed by atoms with Crippen molar-refractivity contribution >= 4 is 5.78 Å². The van der Waals surface area contributed by atoms with Crippen molar-refractivity contribution in [2.45, 2.75) is 40.0 Å². The highest BCUT2D eigenvalue weighted by molar-refractivity contribution is 5.99. The van der Waals surface area contributed by atoms with Crippen LogP contribution >= 0.6 is 0 Å². The molecule has 0 unspecified atom stereocenters. The van der Waals surface area contributed by atoms with Crippen molar-refractivity contribution in [2.24, 2.45) is 12.5 Å². The van der Waals surface area contributed by atoms with Crippen LogP contribution in [0.3, 0.4) is 0 Å². The fraction of sp³-hybridized carbons (Fsp3) is 0.615. The van der Waals surface area contributed by atoms with Crippen LogP contribution in [0.25, 0.3) is 0 Å². The Bertz CT molecular complexity index is 412. The lowest BCUT2D eigenvalue weighted by Crippen LogP contribution is -2.27. The predicted molar refractivity (Wildman–Crippen MR) is 61.2 cm³/mol. The van der Waals surface area contributed by atoms with Gasteiger partial charge in [0, 0.05) is 30.4 Å². The number of aryl methyl sites for hydroxylation is 1. The molecule has 0 N–H and O–H groups in total. The maximum atomic E-state index is 12.0. The molecular formula is C13H19NO. The second-order valence-electron chi connectivity index (χ2n) is 5.35. The van der Waals surface area contributed by atoms with Crippen LogP contribution in [0.1, 0.15) is 48.9 Å². The fourth-order valence-electron chi connectivity index (χ4n) is 2.54. The van der Waals surface area contributed by atoms with Crippen LogP contribution in [0.2, 0.25) is 0 Å². The van der Waals surface area contributed by atoms with E-state index in [9.17, 15) is 4.79 Å². The molecule has 1 aromatic rings. The molecule has 0 radical (unpaired) electrons. The van der Waals surface area contributed by atoms with Gasteiger partial charge in [0.2, 0.25) is 0 Å². The van der Waals surface area contributed by atoms with E-state index in [1.165, 1.54) is 11.4 Å². The van der Waals surface area contributed by atoms with Crippen LogP contribution < -0.4 is 0 Å². The van der Waals surface area contributed by atoms with Crippen LogP contribution in [-0.2, 0) is 19.9 Å². The van der Waals surface area contributed by atoms with Crippen molar-refractivity contribution in [3.63, 3.8) is 0 Å². The molecule has 1 heterocycles. The molecule has 2 nitrogen and oxygen atoms in total. The molecule has 0 aliphatic heterocycles. The first kappa shape index (κ1) is 10.5. The highest BCUT2D eigenvalue weighted by Crippen LogP contribution is 2.35. The summed E-state index contributed by atoms with van der Waals surface area (Å²) >= 11 is 0. The standard InChI is InChI=1S/C13H19NO/c1-5-9-6-10-11(14(9)4)7-13(2,3)8-12(10)15/h6H,5,7-8H2,1-4H3. The number of Topliss-reactive ketones (excluding diaryl/α,β-unsaturated/α-hetero) is 1. The van der Waals surface area contributed by atoms with Gasteiger partial charge in [-0.1, -0.05) is 20.8 Å². The summed E-state index contributed by atoms with van der Waals surface area (Å²) in [5, 5.41) is 0. The minimum Gasteiger partial charge on any atom is -0.351 e. The first-order chi connectivity index (χ1) is 6.94. The maximum Gasteiger partial charge on any atom is 0.165 e. The van der Waals surface area contributed by atoms with Gasteiger partial charge in [0.25, 0.3) is 0 Å². The molecule has 15 heavy (non-hydrogen) atoms. The molecule has 82 valence electrons. The van der Waals surface area contributed by atoms with Gasteiger partial charge >= 0.3 is 0 Å². The van der Waals surface area contributed by atoms with E-state index in [2.05, 4.69) is 38.5 Å². The van der Waals surface area contributed by atoms with E-state index in [1.807, 2.05) is 0 Å². The first-order valence-corrected chi connectivity index (χ1v) is 5.65. The van der Waals surface area contributed by atoms with Gasteiger partial charge in [0.15, 0.2) is 5.78 Å². The van der Waals surface area contributed by atoms with Crippen molar-refractivity contribution in [3.8, 4) is 0 Å². The van der Waals surface area contributed by atoms with Crippen LogP contribution in [0.4, 0.5) is 0 Å². The zero-order valence-electron chi connectivity index (χ0n) is 10.1. The molecule has 0 fully saturated rings. The van der Waals surface area contributed by atoms with Gasteiger partial charge in [-0.15, -0.1) is 0 Å². The van der Waals surface area contributed by atoms with E-state index in [1.54, 1.807) is 0 Å². The van der Waals surface area contributed by atoms with Crippen molar-refractivity contribution in [1.82, 2.24) is 4.57 Å². The molecule has 0 aromatic carbocycles. The summed E-state index contributed by atoms with van der Waals surface area (Å²) in [4.78, 5) is 12.0. The smallest absolute Gasteiger partial charge is 0.165 e. The zero-order valence-corrected chi connectivity index (χ0v) is 10.1. The Balaban J connectivity index is 2.53. The Kier molecular flexibility index (Phi) is 2.25. The van der Waals surface area contributed by atoms with Crippen molar-refractivity contribution in [3.05, 3.63) is 23.0 Å². The largest absolute Gasteiger partial charge is 0.351 e. The lowest BCUT2D eigenvalue weighted by Gasteiger charge is -2.29. The predicted octanol–water partition coefficient (Wildman–Crippen LogP) is 2.74. The number of hydrogen-bond donors (Lipinski definition) is 0. The number of ketones is 1. The molecule has 1 aliphatic carbocycles. The van der Waals surface area contributed by atoms with Gasteiger partial charge < -0.3 is 4.57 Å². The highest BCUT2D eigenvalue weighted by atomic mass is 16.1. The molecule has 1 aromatic heterocycles. The summed E-state index contributed by atoms with van der Waals surface area (Å²) in [6.45, 7) is 6.48. The Morgan fingerprint density at radius 1 is 1.40 bits per heavy atom.